The molecule has 0 bridgehead atoms. The van der Waals surface area contributed by atoms with Crippen molar-refractivity contribution in [1.29, 1.82) is 5.26 Å². The van der Waals surface area contributed by atoms with E-state index in [2.05, 4.69) is 9.88 Å². The summed E-state index contributed by atoms with van der Waals surface area (Å²) < 4.78 is 5.70. The van der Waals surface area contributed by atoms with E-state index in [4.69, 9.17) is 21.6 Å². The lowest BCUT2D eigenvalue weighted by atomic mass is 10.1. The maximum atomic E-state index is 9.08. The van der Waals surface area contributed by atoms with E-state index < -0.39 is 0 Å². The molecule has 0 saturated carbocycles. The second-order valence-corrected chi connectivity index (χ2v) is 5.24. The van der Waals surface area contributed by atoms with E-state index in [0.717, 1.165) is 13.0 Å². The summed E-state index contributed by atoms with van der Waals surface area (Å²) in [5.74, 6) is 1.08. The lowest BCUT2D eigenvalue weighted by Crippen LogP contribution is -2.14. The predicted molar refractivity (Wildman–Crippen MR) is 82.7 cm³/mol. The molecule has 1 aromatic carbocycles. The Bertz CT molecular complexity index is 648. The highest BCUT2D eigenvalue weighted by Gasteiger charge is 2.09. The summed E-state index contributed by atoms with van der Waals surface area (Å²) >= 11 is 5.87. The SMILES string of the molecule is CN(C)CCc1ccc(Oc2ccnc(Cl)c2C#N)cc1. The molecule has 0 amide bonds. The molecule has 0 saturated heterocycles. The summed E-state index contributed by atoms with van der Waals surface area (Å²) in [5.41, 5.74) is 1.49. The molecular weight excluding hydrogens is 286 g/mol. The minimum atomic E-state index is 0.151. The number of pyridine rings is 1. The van der Waals surface area contributed by atoms with Gasteiger partial charge in [0.1, 0.15) is 23.1 Å². The summed E-state index contributed by atoms with van der Waals surface area (Å²) in [7, 11) is 4.10. The van der Waals surface area contributed by atoms with E-state index in [9.17, 15) is 0 Å². The number of likely N-dealkylation sites (N-methyl/N-ethyl adjacent to an activating group) is 1. The van der Waals surface area contributed by atoms with Gasteiger partial charge in [-0.15, -0.1) is 0 Å². The number of ether oxygens (including phenoxy) is 1. The summed E-state index contributed by atoms with van der Waals surface area (Å²) in [6.45, 7) is 0.999. The Morgan fingerprint density at radius 3 is 2.57 bits per heavy atom. The van der Waals surface area contributed by atoms with Crippen molar-refractivity contribution in [3.05, 3.63) is 52.8 Å². The second-order valence-electron chi connectivity index (χ2n) is 4.89. The zero-order valence-electron chi connectivity index (χ0n) is 12.0. The number of rotatable bonds is 5. The Labute approximate surface area is 129 Å². The van der Waals surface area contributed by atoms with Gasteiger partial charge in [0, 0.05) is 18.8 Å². The molecule has 0 N–H and O–H groups in total. The number of nitrogens with zero attached hydrogens (tertiary/aromatic N) is 3. The molecule has 4 nitrogen and oxygen atoms in total. The normalized spacial score (nSPS) is 10.4. The van der Waals surface area contributed by atoms with Gasteiger partial charge < -0.3 is 9.64 Å². The van der Waals surface area contributed by atoms with Crippen LogP contribution in [0.2, 0.25) is 5.15 Å². The zero-order chi connectivity index (χ0) is 15.2. The largest absolute Gasteiger partial charge is 0.456 e. The molecule has 0 aliphatic heterocycles. The van der Waals surface area contributed by atoms with E-state index in [-0.39, 0.29) is 10.7 Å². The van der Waals surface area contributed by atoms with Gasteiger partial charge in [0.25, 0.3) is 0 Å². The monoisotopic (exact) mass is 301 g/mol. The molecule has 0 aliphatic rings. The van der Waals surface area contributed by atoms with Crippen molar-refractivity contribution in [2.45, 2.75) is 6.42 Å². The highest BCUT2D eigenvalue weighted by molar-refractivity contribution is 6.30. The first-order valence-electron chi connectivity index (χ1n) is 6.56. The average Bonchev–Trinajstić information content (AvgIpc) is 2.47. The van der Waals surface area contributed by atoms with E-state index in [1.165, 1.54) is 11.8 Å². The predicted octanol–water partition coefficient (Wildman–Crippen LogP) is 3.50. The quantitative estimate of drug-likeness (QED) is 0.793. The van der Waals surface area contributed by atoms with Gasteiger partial charge in [-0.25, -0.2) is 4.98 Å². The van der Waals surface area contributed by atoms with E-state index in [1.54, 1.807) is 6.07 Å². The maximum Gasteiger partial charge on any atom is 0.150 e. The Morgan fingerprint density at radius 2 is 1.95 bits per heavy atom. The third-order valence-electron chi connectivity index (χ3n) is 2.98. The van der Waals surface area contributed by atoms with Crippen molar-refractivity contribution < 1.29 is 4.74 Å². The minimum Gasteiger partial charge on any atom is -0.456 e. The first kappa shape index (κ1) is 15.3. The van der Waals surface area contributed by atoms with Crippen molar-refractivity contribution in [2.24, 2.45) is 0 Å². The van der Waals surface area contributed by atoms with Crippen LogP contribution in [0.15, 0.2) is 36.5 Å². The van der Waals surface area contributed by atoms with Crippen LogP contribution in [0.3, 0.4) is 0 Å². The number of hydrogen-bond acceptors (Lipinski definition) is 4. The molecule has 0 spiro atoms. The molecule has 1 heterocycles. The first-order valence-corrected chi connectivity index (χ1v) is 6.94. The topological polar surface area (TPSA) is 49.1 Å². The molecule has 0 aliphatic carbocycles. The molecule has 1 aromatic heterocycles. The lowest BCUT2D eigenvalue weighted by Gasteiger charge is -2.10. The molecule has 0 unspecified atom stereocenters. The van der Waals surface area contributed by atoms with E-state index in [0.29, 0.717) is 11.5 Å². The highest BCUT2D eigenvalue weighted by Crippen LogP contribution is 2.28. The van der Waals surface area contributed by atoms with Crippen LogP contribution in [0, 0.1) is 11.3 Å². The van der Waals surface area contributed by atoms with Crippen molar-refractivity contribution in [3.63, 3.8) is 0 Å². The first-order chi connectivity index (χ1) is 10.1. The van der Waals surface area contributed by atoms with Crippen LogP contribution in [0.1, 0.15) is 11.1 Å². The Kier molecular flexibility index (Phi) is 5.15. The molecule has 5 heteroatoms. The van der Waals surface area contributed by atoms with Gasteiger partial charge in [-0.05, 0) is 38.2 Å². The van der Waals surface area contributed by atoms with Crippen LogP contribution in [-0.4, -0.2) is 30.5 Å². The zero-order valence-corrected chi connectivity index (χ0v) is 12.8. The van der Waals surface area contributed by atoms with Crippen molar-refractivity contribution in [1.82, 2.24) is 9.88 Å². The summed E-state index contributed by atoms with van der Waals surface area (Å²) in [5, 5.41) is 9.23. The van der Waals surface area contributed by atoms with Crippen molar-refractivity contribution in [2.75, 3.05) is 20.6 Å². The molecule has 21 heavy (non-hydrogen) atoms. The third-order valence-corrected chi connectivity index (χ3v) is 3.26. The standard InChI is InChI=1S/C16H16ClN3O/c1-20(2)10-8-12-3-5-13(6-4-12)21-15-7-9-19-16(17)14(15)11-18/h3-7,9H,8,10H2,1-2H3. The molecule has 2 rings (SSSR count). The minimum absolute atomic E-state index is 0.151. The fraction of sp³-hybridized carbons (Fsp3) is 0.250. The Morgan fingerprint density at radius 1 is 1.24 bits per heavy atom. The lowest BCUT2D eigenvalue weighted by molar-refractivity contribution is 0.413. The second kappa shape index (κ2) is 7.07. The van der Waals surface area contributed by atoms with Crippen LogP contribution >= 0.6 is 11.6 Å². The molecular formula is C16H16ClN3O. The number of aromatic nitrogens is 1. The fourth-order valence-corrected chi connectivity index (χ4v) is 2.00. The third kappa shape index (κ3) is 4.19. The summed E-state index contributed by atoms with van der Waals surface area (Å²) in [6.07, 6.45) is 2.50. The number of benzene rings is 1. The Hall–Kier alpha value is -2.09. The number of nitriles is 1. The van der Waals surface area contributed by atoms with E-state index >= 15 is 0 Å². The summed E-state index contributed by atoms with van der Waals surface area (Å²) in [4.78, 5) is 6.01. The molecule has 2 aromatic rings. The number of halogens is 1. The maximum absolute atomic E-state index is 9.08. The van der Waals surface area contributed by atoms with Crippen LogP contribution in [-0.2, 0) is 6.42 Å². The van der Waals surface area contributed by atoms with Gasteiger partial charge in [-0.1, -0.05) is 23.7 Å². The van der Waals surface area contributed by atoms with Gasteiger partial charge in [0.15, 0.2) is 5.15 Å². The molecule has 0 atom stereocenters. The smallest absolute Gasteiger partial charge is 0.150 e. The van der Waals surface area contributed by atoms with Crippen molar-refractivity contribution >= 4 is 11.6 Å². The average molecular weight is 302 g/mol. The Balaban J connectivity index is 2.11. The molecule has 0 fully saturated rings. The van der Waals surface area contributed by atoms with Gasteiger partial charge in [0.05, 0.1) is 0 Å². The molecule has 108 valence electrons. The van der Waals surface area contributed by atoms with E-state index in [1.807, 2.05) is 44.4 Å². The van der Waals surface area contributed by atoms with Crippen molar-refractivity contribution in [3.8, 4) is 17.6 Å². The highest BCUT2D eigenvalue weighted by atomic mass is 35.5. The molecule has 0 radical (unpaired) electrons. The van der Waals surface area contributed by atoms with Crippen LogP contribution < -0.4 is 4.74 Å². The van der Waals surface area contributed by atoms with Crippen LogP contribution in [0.25, 0.3) is 0 Å². The van der Waals surface area contributed by atoms with Gasteiger partial charge in [-0.2, -0.15) is 5.26 Å². The fourth-order valence-electron chi connectivity index (χ4n) is 1.81. The van der Waals surface area contributed by atoms with Gasteiger partial charge in [-0.3, -0.25) is 0 Å². The van der Waals surface area contributed by atoms with Crippen LogP contribution in [0.5, 0.6) is 11.5 Å². The van der Waals surface area contributed by atoms with Gasteiger partial charge >= 0.3 is 0 Å². The summed E-state index contributed by atoms with van der Waals surface area (Å²) in [6, 6.07) is 11.5. The van der Waals surface area contributed by atoms with Crippen LogP contribution in [0.4, 0.5) is 0 Å². The number of hydrogen-bond donors (Lipinski definition) is 0. The van der Waals surface area contributed by atoms with Gasteiger partial charge in [0.2, 0.25) is 0 Å².